The van der Waals surface area contributed by atoms with Gasteiger partial charge in [0, 0.05) is 12.4 Å². The van der Waals surface area contributed by atoms with Crippen molar-refractivity contribution in [3.8, 4) is 0 Å². The molecule has 1 saturated heterocycles. The van der Waals surface area contributed by atoms with E-state index in [0.717, 1.165) is 11.8 Å². The zero-order valence-electron chi connectivity index (χ0n) is 7.85. The van der Waals surface area contributed by atoms with Crippen LogP contribution in [-0.4, -0.2) is 30.4 Å². The van der Waals surface area contributed by atoms with Crippen molar-refractivity contribution in [1.29, 1.82) is 0 Å². The van der Waals surface area contributed by atoms with Gasteiger partial charge in [-0.3, -0.25) is 0 Å². The van der Waals surface area contributed by atoms with E-state index in [1.165, 1.54) is 38.9 Å². The monoisotopic (exact) mass is 187 g/mol. The third kappa shape index (κ3) is 1.38. The quantitative estimate of drug-likeness (QED) is 0.600. The smallest absolute Gasteiger partial charge is 0.0252 e. The molecule has 0 amide bonds. The molecule has 2 rings (SSSR count). The van der Waals surface area contributed by atoms with Gasteiger partial charge in [-0.25, -0.2) is 0 Å². The SMILES string of the molecule is CCN1CCC2(CC(CCl)C2)C1. The van der Waals surface area contributed by atoms with Gasteiger partial charge in [0.05, 0.1) is 0 Å². The van der Waals surface area contributed by atoms with Gasteiger partial charge in [-0.1, -0.05) is 6.92 Å². The van der Waals surface area contributed by atoms with E-state index < -0.39 is 0 Å². The number of halogens is 1. The largest absolute Gasteiger partial charge is 0.303 e. The number of hydrogen-bond donors (Lipinski definition) is 0. The Labute approximate surface area is 80.1 Å². The summed E-state index contributed by atoms with van der Waals surface area (Å²) < 4.78 is 0. The molecule has 2 aliphatic rings. The molecule has 2 fully saturated rings. The zero-order valence-corrected chi connectivity index (χ0v) is 8.61. The zero-order chi connectivity index (χ0) is 8.60. The second-order valence-electron chi connectivity index (χ2n) is 4.55. The first-order valence-corrected chi connectivity index (χ1v) is 5.60. The maximum absolute atomic E-state index is 5.82. The molecular weight excluding hydrogens is 170 g/mol. The lowest BCUT2D eigenvalue weighted by molar-refractivity contribution is 0.0777. The molecule has 0 aromatic rings. The molecule has 12 heavy (non-hydrogen) atoms. The third-order valence-corrected chi connectivity index (χ3v) is 4.06. The summed E-state index contributed by atoms with van der Waals surface area (Å²) in [6.45, 7) is 6.16. The Kier molecular flexibility index (Phi) is 2.35. The summed E-state index contributed by atoms with van der Waals surface area (Å²) in [5.74, 6) is 1.72. The van der Waals surface area contributed by atoms with Gasteiger partial charge < -0.3 is 4.90 Å². The highest BCUT2D eigenvalue weighted by Gasteiger charge is 2.47. The lowest BCUT2D eigenvalue weighted by atomic mass is 9.62. The Morgan fingerprint density at radius 1 is 1.50 bits per heavy atom. The summed E-state index contributed by atoms with van der Waals surface area (Å²) >= 11 is 5.82. The van der Waals surface area contributed by atoms with Gasteiger partial charge in [0.2, 0.25) is 0 Å². The fraction of sp³-hybridized carbons (Fsp3) is 1.00. The van der Waals surface area contributed by atoms with Crippen LogP contribution in [0.2, 0.25) is 0 Å². The summed E-state index contributed by atoms with van der Waals surface area (Å²) in [6.07, 6.45) is 4.22. The van der Waals surface area contributed by atoms with Gasteiger partial charge >= 0.3 is 0 Å². The normalized spacial score (nSPS) is 42.0. The van der Waals surface area contributed by atoms with Crippen LogP contribution >= 0.6 is 11.6 Å². The van der Waals surface area contributed by atoms with Crippen LogP contribution in [0.5, 0.6) is 0 Å². The summed E-state index contributed by atoms with van der Waals surface area (Å²) in [4.78, 5) is 2.57. The molecule has 0 radical (unpaired) electrons. The average Bonchev–Trinajstić information content (AvgIpc) is 2.45. The molecule has 1 spiro atoms. The summed E-state index contributed by atoms with van der Waals surface area (Å²) in [5.41, 5.74) is 0.704. The summed E-state index contributed by atoms with van der Waals surface area (Å²) in [6, 6.07) is 0. The van der Waals surface area contributed by atoms with Crippen molar-refractivity contribution in [2.75, 3.05) is 25.5 Å². The minimum atomic E-state index is 0.704. The van der Waals surface area contributed by atoms with Crippen LogP contribution in [0.4, 0.5) is 0 Å². The summed E-state index contributed by atoms with van der Waals surface area (Å²) in [7, 11) is 0. The summed E-state index contributed by atoms with van der Waals surface area (Å²) in [5, 5.41) is 0. The predicted molar refractivity (Wildman–Crippen MR) is 52.6 cm³/mol. The molecule has 1 nitrogen and oxygen atoms in total. The maximum Gasteiger partial charge on any atom is 0.0252 e. The second kappa shape index (κ2) is 3.19. The van der Waals surface area contributed by atoms with Crippen LogP contribution in [0.1, 0.15) is 26.2 Å². The first-order valence-electron chi connectivity index (χ1n) is 5.06. The molecule has 1 aliphatic heterocycles. The minimum absolute atomic E-state index is 0.704. The fourth-order valence-corrected chi connectivity index (χ4v) is 3.12. The van der Waals surface area contributed by atoms with E-state index in [-0.39, 0.29) is 0 Å². The third-order valence-electron chi connectivity index (χ3n) is 3.63. The van der Waals surface area contributed by atoms with Crippen molar-refractivity contribution >= 4 is 11.6 Å². The van der Waals surface area contributed by atoms with Crippen LogP contribution in [0, 0.1) is 11.3 Å². The maximum atomic E-state index is 5.82. The fourth-order valence-electron chi connectivity index (χ4n) is 2.90. The van der Waals surface area contributed by atoms with Crippen molar-refractivity contribution in [2.24, 2.45) is 11.3 Å². The highest BCUT2D eigenvalue weighted by molar-refractivity contribution is 6.18. The molecule has 0 atom stereocenters. The number of nitrogens with zero attached hydrogens (tertiary/aromatic N) is 1. The van der Waals surface area contributed by atoms with Crippen molar-refractivity contribution in [3.63, 3.8) is 0 Å². The van der Waals surface area contributed by atoms with E-state index in [9.17, 15) is 0 Å². The van der Waals surface area contributed by atoms with E-state index >= 15 is 0 Å². The van der Waals surface area contributed by atoms with Crippen LogP contribution in [-0.2, 0) is 0 Å². The standard InChI is InChI=1S/C10H18ClN/c1-2-12-4-3-10(8-12)5-9(6-10)7-11/h9H,2-8H2,1H3. The topological polar surface area (TPSA) is 3.24 Å². The molecule has 1 saturated carbocycles. The van der Waals surface area contributed by atoms with Gasteiger partial charge in [0.25, 0.3) is 0 Å². The molecule has 1 heterocycles. The van der Waals surface area contributed by atoms with E-state index in [1.54, 1.807) is 0 Å². The minimum Gasteiger partial charge on any atom is -0.303 e. The van der Waals surface area contributed by atoms with Gasteiger partial charge in [0.1, 0.15) is 0 Å². The van der Waals surface area contributed by atoms with Crippen LogP contribution < -0.4 is 0 Å². The first kappa shape index (κ1) is 8.83. The molecule has 0 unspecified atom stereocenters. The lowest BCUT2D eigenvalue weighted by Crippen LogP contribution is -2.40. The predicted octanol–water partition coefficient (Wildman–Crippen LogP) is 2.35. The highest BCUT2D eigenvalue weighted by Crippen LogP contribution is 2.51. The van der Waals surface area contributed by atoms with E-state index in [1.807, 2.05) is 0 Å². The Balaban J connectivity index is 1.84. The first-order chi connectivity index (χ1) is 5.78. The molecule has 70 valence electrons. The Morgan fingerprint density at radius 3 is 2.75 bits per heavy atom. The van der Waals surface area contributed by atoms with E-state index in [0.29, 0.717) is 5.41 Å². The van der Waals surface area contributed by atoms with Crippen LogP contribution in [0.3, 0.4) is 0 Å². The lowest BCUT2D eigenvalue weighted by Gasteiger charge is -2.44. The molecular formula is C10H18ClN. The van der Waals surface area contributed by atoms with Crippen molar-refractivity contribution < 1.29 is 0 Å². The van der Waals surface area contributed by atoms with Gasteiger partial charge in [-0.15, -0.1) is 11.6 Å². The second-order valence-corrected chi connectivity index (χ2v) is 4.86. The van der Waals surface area contributed by atoms with Crippen LogP contribution in [0.15, 0.2) is 0 Å². The van der Waals surface area contributed by atoms with Gasteiger partial charge in [-0.2, -0.15) is 0 Å². The molecule has 0 bridgehead atoms. The van der Waals surface area contributed by atoms with Crippen LogP contribution in [0.25, 0.3) is 0 Å². The Bertz CT molecular complexity index is 163. The van der Waals surface area contributed by atoms with Crippen molar-refractivity contribution in [2.45, 2.75) is 26.2 Å². The molecule has 0 aromatic heterocycles. The average molecular weight is 188 g/mol. The van der Waals surface area contributed by atoms with Crippen molar-refractivity contribution in [1.82, 2.24) is 4.90 Å². The van der Waals surface area contributed by atoms with Crippen molar-refractivity contribution in [3.05, 3.63) is 0 Å². The number of hydrogen-bond acceptors (Lipinski definition) is 1. The number of alkyl halides is 1. The Morgan fingerprint density at radius 2 is 2.25 bits per heavy atom. The van der Waals surface area contributed by atoms with E-state index in [2.05, 4.69) is 11.8 Å². The number of rotatable bonds is 2. The molecule has 1 aliphatic carbocycles. The molecule has 2 heteroatoms. The number of likely N-dealkylation sites (tertiary alicyclic amines) is 1. The van der Waals surface area contributed by atoms with E-state index in [4.69, 9.17) is 11.6 Å². The Hall–Kier alpha value is 0.250. The molecule has 0 N–H and O–H groups in total. The van der Waals surface area contributed by atoms with Gasteiger partial charge in [0.15, 0.2) is 0 Å². The molecule has 0 aromatic carbocycles. The van der Waals surface area contributed by atoms with Gasteiger partial charge in [-0.05, 0) is 43.7 Å². The highest BCUT2D eigenvalue weighted by atomic mass is 35.5.